The fraction of sp³-hybridized carbons (Fsp3) is 0.700. The first-order chi connectivity index (χ1) is 6.61. The molecule has 2 atom stereocenters. The standard InChI is InChI=1S/C10H17NO2S/c1-8-6-11(7-9(2)14-8)5-4-10(12)13-3/h4-5,8-9H,6-7H2,1-3H3. The normalized spacial score (nSPS) is 28.1. The molecule has 14 heavy (non-hydrogen) atoms. The Balaban J connectivity index is 2.44. The largest absolute Gasteiger partial charge is 0.466 e. The van der Waals surface area contributed by atoms with Crippen LogP contribution in [0, 0.1) is 0 Å². The van der Waals surface area contributed by atoms with Crippen LogP contribution in [0.5, 0.6) is 0 Å². The average molecular weight is 215 g/mol. The summed E-state index contributed by atoms with van der Waals surface area (Å²) in [6.45, 7) is 6.42. The van der Waals surface area contributed by atoms with Crippen LogP contribution >= 0.6 is 11.8 Å². The number of esters is 1. The highest BCUT2D eigenvalue weighted by molar-refractivity contribution is 8.00. The van der Waals surface area contributed by atoms with Crippen molar-refractivity contribution in [2.45, 2.75) is 24.3 Å². The van der Waals surface area contributed by atoms with Gasteiger partial charge in [0.1, 0.15) is 0 Å². The minimum Gasteiger partial charge on any atom is -0.466 e. The number of nitrogens with zero attached hydrogens (tertiary/aromatic N) is 1. The smallest absolute Gasteiger partial charge is 0.331 e. The van der Waals surface area contributed by atoms with Gasteiger partial charge in [-0.15, -0.1) is 0 Å². The van der Waals surface area contributed by atoms with Gasteiger partial charge in [-0.05, 0) is 0 Å². The summed E-state index contributed by atoms with van der Waals surface area (Å²) in [6, 6.07) is 0. The van der Waals surface area contributed by atoms with Crippen LogP contribution in [0.4, 0.5) is 0 Å². The third-order valence-electron chi connectivity index (χ3n) is 2.07. The van der Waals surface area contributed by atoms with E-state index in [0.29, 0.717) is 10.5 Å². The average Bonchev–Trinajstić information content (AvgIpc) is 2.12. The Morgan fingerprint density at radius 3 is 2.50 bits per heavy atom. The van der Waals surface area contributed by atoms with Gasteiger partial charge in [-0.3, -0.25) is 0 Å². The zero-order chi connectivity index (χ0) is 10.6. The summed E-state index contributed by atoms with van der Waals surface area (Å²) in [6.07, 6.45) is 3.31. The summed E-state index contributed by atoms with van der Waals surface area (Å²) in [5.74, 6) is -0.288. The van der Waals surface area contributed by atoms with E-state index in [2.05, 4.69) is 23.5 Å². The number of carbonyl (C=O) groups excluding carboxylic acids is 1. The van der Waals surface area contributed by atoms with Crippen molar-refractivity contribution >= 4 is 17.7 Å². The lowest BCUT2D eigenvalue weighted by Crippen LogP contribution is -2.36. The zero-order valence-electron chi connectivity index (χ0n) is 8.90. The zero-order valence-corrected chi connectivity index (χ0v) is 9.71. The molecule has 2 unspecified atom stereocenters. The summed E-state index contributed by atoms with van der Waals surface area (Å²) >= 11 is 1.99. The molecule has 80 valence electrons. The Morgan fingerprint density at radius 1 is 1.43 bits per heavy atom. The molecule has 1 fully saturated rings. The maximum absolute atomic E-state index is 10.9. The van der Waals surface area contributed by atoms with Crippen molar-refractivity contribution in [2.75, 3.05) is 20.2 Å². The minimum atomic E-state index is -0.288. The summed E-state index contributed by atoms with van der Waals surface area (Å²) < 4.78 is 4.54. The molecule has 0 amide bonds. The van der Waals surface area contributed by atoms with E-state index in [1.165, 1.54) is 13.2 Å². The van der Waals surface area contributed by atoms with Gasteiger partial charge < -0.3 is 9.64 Å². The topological polar surface area (TPSA) is 29.5 Å². The molecule has 1 aliphatic heterocycles. The van der Waals surface area contributed by atoms with Crippen molar-refractivity contribution in [2.24, 2.45) is 0 Å². The second-order valence-corrected chi connectivity index (χ2v) is 5.43. The number of hydrogen-bond acceptors (Lipinski definition) is 4. The Bertz CT molecular complexity index is 220. The SMILES string of the molecule is COC(=O)C=CN1CC(C)SC(C)C1. The highest BCUT2D eigenvalue weighted by Crippen LogP contribution is 2.24. The lowest BCUT2D eigenvalue weighted by molar-refractivity contribution is -0.134. The summed E-state index contributed by atoms with van der Waals surface area (Å²) in [4.78, 5) is 13.0. The van der Waals surface area contributed by atoms with Crippen LogP contribution in [0.15, 0.2) is 12.3 Å². The van der Waals surface area contributed by atoms with Crippen LogP contribution in [0.2, 0.25) is 0 Å². The molecule has 0 bridgehead atoms. The van der Waals surface area contributed by atoms with E-state index >= 15 is 0 Å². The van der Waals surface area contributed by atoms with Crippen LogP contribution in [0.3, 0.4) is 0 Å². The Labute approximate surface area is 89.5 Å². The molecule has 1 saturated heterocycles. The highest BCUT2D eigenvalue weighted by atomic mass is 32.2. The first kappa shape index (κ1) is 11.4. The summed E-state index contributed by atoms with van der Waals surface area (Å²) in [7, 11) is 1.39. The third kappa shape index (κ3) is 3.62. The maximum Gasteiger partial charge on any atom is 0.331 e. The Morgan fingerprint density at radius 2 is 2.00 bits per heavy atom. The molecule has 3 nitrogen and oxygen atoms in total. The van der Waals surface area contributed by atoms with Gasteiger partial charge >= 0.3 is 5.97 Å². The number of ether oxygens (including phenoxy) is 1. The van der Waals surface area contributed by atoms with Gasteiger partial charge in [0, 0.05) is 35.9 Å². The number of thioether (sulfide) groups is 1. The Hall–Kier alpha value is -0.640. The molecule has 0 aromatic rings. The van der Waals surface area contributed by atoms with Crippen LogP contribution in [0.1, 0.15) is 13.8 Å². The molecule has 0 saturated carbocycles. The Kier molecular flexibility index (Phi) is 4.32. The highest BCUT2D eigenvalue weighted by Gasteiger charge is 2.19. The van der Waals surface area contributed by atoms with Gasteiger partial charge in [-0.2, -0.15) is 11.8 Å². The van der Waals surface area contributed by atoms with Gasteiger partial charge in [-0.25, -0.2) is 4.79 Å². The maximum atomic E-state index is 10.9. The molecule has 0 aromatic heterocycles. The van der Waals surface area contributed by atoms with Gasteiger partial charge in [0.15, 0.2) is 0 Å². The van der Waals surface area contributed by atoms with Crippen molar-refractivity contribution in [1.82, 2.24) is 4.90 Å². The molecular weight excluding hydrogens is 198 g/mol. The van der Waals surface area contributed by atoms with Crippen LogP contribution in [-0.2, 0) is 9.53 Å². The van der Waals surface area contributed by atoms with Gasteiger partial charge in [0.2, 0.25) is 0 Å². The van der Waals surface area contributed by atoms with Crippen molar-refractivity contribution in [1.29, 1.82) is 0 Å². The van der Waals surface area contributed by atoms with Gasteiger partial charge in [0.25, 0.3) is 0 Å². The second kappa shape index (κ2) is 5.29. The lowest BCUT2D eigenvalue weighted by atomic mass is 10.3. The van der Waals surface area contributed by atoms with Crippen molar-refractivity contribution < 1.29 is 9.53 Å². The van der Waals surface area contributed by atoms with E-state index in [4.69, 9.17) is 0 Å². The molecule has 1 rings (SSSR count). The molecule has 0 aliphatic carbocycles. The van der Waals surface area contributed by atoms with Gasteiger partial charge in [0.05, 0.1) is 7.11 Å². The number of methoxy groups -OCH3 is 1. The fourth-order valence-electron chi connectivity index (χ4n) is 1.57. The summed E-state index contributed by atoms with van der Waals surface area (Å²) in [5, 5.41) is 1.25. The predicted molar refractivity (Wildman–Crippen MR) is 59.2 cm³/mol. The van der Waals surface area contributed by atoms with E-state index in [1.807, 2.05) is 18.0 Å². The first-order valence-electron chi connectivity index (χ1n) is 4.77. The van der Waals surface area contributed by atoms with E-state index in [-0.39, 0.29) is 5.97 Å². The molecule has 0 radical (unpaired) electrons. The molecular formula is C10H17NO2S. The summed E-state index contributed by atoms with van der Waals surface area (Å²) in [5.41, 5.74) is 0. The van der Waals surface area contributed by atoms with Crippen LogP contribution < -0.4 is 0 Å². The molecule has 1 heterocycles. The fourth-order valence-corrected chi connectivity index (χ4v) is 2.92. The second-order valence-electron chi connectivity index (χ2n) is 3.55. The van der Waals surface area contributed by atoms with Gasteiger partial charge in [-0.1, -0.05) is 13.8 Å². The third-order valence-corrected chi connectivity index (χ3v) is 3.30. The van der Waals surface area contributed by atoms with E-state index < -0.39 is 0 Å². The van der Waals surface area contributed by atoms with Crippen molar-refractivity contribution in [3.63, 3.8) is 0 Å². The van der Waals surface area contributed by atoms with Crippen molar-refractivity contribution in [3.8, 4) is 0 Å². The number of hydrogen-bond donors (Lipinski definition) is 0. The molecule has 0 N–H and O–H groups in total. The van der Waals surface area contributed by atoms with Crippen LogP contribution in [-0.4, -0.2) is 41.6 Å². The quantitative estimate of drug-likeness (QED) is 0.516. The first-order valence-corrected chi connectivity index (χ1v) is 5.71. The van der Waals surface area contributed by atoms with E-state index in [9.17, 15) is 4.79 Å². The van der Waals surface area contributed by atoms with Crippen LogP contribution in [0.25, 0.3) is 0 Å². The molecule has 0 aromatic carbocycles. The van der Waals surface area contributed by atoms with Crippen molar-refractivity contribution in [3.05, 3.63) is 12.3 Å². The monoisotopic (exact) mass is 215 g/mol. The number of rotatable bonds is 2. The minimum absolute atomic E-state index is 0.288. The number of carbonyl (C=O) groups is 1. The predicted octanol–water partition coefficient (Wildman–Crippen LogP) is 1.50. The molecule has 0 spiro atoms. The van der Waals surface area contributed by atoms with E-state index in [0.717, 1.165) is 13.1 Å². The molecule has 1 aliphatic rings. The molecule has 4 heteroatoms. The lowest BCUT2D eigenvalue weighted by Gasteiger charge is -2.33. The van der Waals surface area contributed by atoms with E-state index in [1.54, 1.807) is 0 Å².